The number of aliphatic hydroxyl groups is 3. The van der Waals surface area contributed by atoms with Gasteiger partial charge in [0, 0.05) is 0 Å². The fraction of sp³-hybridized carbons (Fsp3) is 1.00. The first-order valence-corrected chi connectivity index (χ1v) is 1.71. The maximum Gasteiger partial charge on any atom is 0.100 e. The molecule has 54 valence electrons. The molecule has 0 aliphatic rings. The molecule has 3 N–H and O–H groups in total. The Hall–Kier alpha value is -0.120. The zero-order valence-corrected chi connectivity index (χ0v) is 3.33. The Balaban J connectivity index is -0.000000125. The van der Waals surface area contributed by atoms with Crippen LogP contribution >= 0.6 is 0 Å². The smallest absolute Gasteiger partial charge is 0.100 e. The molecule has 0 aliphatic carbocycles. The summed E-state index contributed by atoms with van der Waals surface area (Å²) < 4.78 is 0. The van der Waals surface area contributed by atoms with Crippen molar-refractivity contribution in [3.63, 3.8) is 0 Å². The molecule has 8 heavy (non-hydrogen) atoms. The Labute approximate surface area is 50.6 Å². The van der Waals surface area contributed by atoms with Crippen LogP contribution in [0.25, 0.3) is 0 Å². The van der Waals surface area contributed by atoms with Crippen molar-refractivity contribution in [3.05, 3.63) is 0 Å². The average Bonchev–Trinajstić information content (AvgIpc) is 1.65. The van der Waals surface area contributed by atoms with E-state index in [1.54, 1.807) is 0 Å². The minimum absolute atomic E-state index is 0. The van der Waals surface area contributed by atoms with Crippen LogP contribution in [0.1, 0.15) is 14.9 Å². The number of hydrogen-bond acceptors (Lipinski definition) is 3. The minimum Gasteiger partial charge on any atom is -0.394 e. The highest BCUT2D eigenvalue weighted by Gasteiger charge is 1.93. The summed E-state index contributed by atoms with van der Waals surface area (Å²) in [4.78, 5) is 0. The van der Waals surface area contributed by atoms with Crippen LogP contribution in [0, 0.1) is 0 Å². The Morgan fingerprint density at radius 1 is 1.00 bits per heavy atom. The molecule has 0 heterocycles. The normalized spacial score (nSPS) is 7.50. The largest absolute Gasteiger partial charge is 0.394 e. The van der Waals surface area contributed by atoms with E-state index in [0.717, 1.165) is 0 Å². The van der Waals surface area contributed by atoms with Crippen LogP contribution in [-0.2, 0) is 0 Å². The molecule has 0 aromatic rings. The summed E-state index contributed by atoms with van der Waals surface area (Å²) in [6, 6.07) is 0. The zero-order valence-electron chi connectivity index (χ0n) is 3.33. The van der Waals surface area contributed by atoms with Crippen molar-refractivity contribution in [1.29, 1.82) is 0 Å². The van der Waals surface area contributed by atoms with Gasteiger partial charge in [-0.3, -0.25) is 0 Å². The molecular formula is C5H16O3. The molecule has 3 nitrogen and oxygen atoms in total. The van der Waals surface area contributed by atoms with Crippen molar-refractivity contribution >= 4 is 0 Å². The molecule has 0 aromatic heterocycles. The molecule has 0 radical (unpaired) electrons. The first kappa shape index (κ1) is 15.7. The predicted molar refractivity (Wildman–Crippen MR) is 33.6 cm³/mol. The van der Waals surface area contributed by atoms with E-state index in [-0.39, 0.29) is 28.1 Å². The molecule has 0 rings (SSSR count). The summed E-state index contributed by atoms with van der Waals surface area (Å²) in [5, 5.41) is 24.0. The van der Waals surface area contributed by atoms with Crippen LogP contribution in [-0.4, -0.2) is 34.6 Å². The van der Waals surface area contributed by atoms with Gasteiger partial charge in [0.1, 0.15) is 6.10 Å². The lowest BCUT2D eigenvalue weighted by atomic mass is 10.4. The van der Waals surface area contributed by atoms with Crippen molar-refractivity contribution < 1.29 is 15.3 Å². The Bertz CT molecular complexity index is 26.9. The molecule has 0 spiro atoms. The van der Waals surface area contributed by atoms with E-state index in [4.69, 9.17) is 15.3 Å². The summed E-state index contributed by atoms with van der Waals surface area (Å²) in [6.07, 6.45) is -0.954. The Morgan fingerprint density at radius 2 is 1.25 bits per heavy atom. The molecule has 0 atom stereocenters. The molecular weight excluding hydrogens is 108 g/mol. The van der Waals surface area contributed by atoms with E-state index in [1.165, 1.54) is 0 Å². The van der Waals surface area contributed by atoms with Crippen LogP contribution < -0.4 is 0 Å². The van der Waals surface area contributed by atoms with Crippen LogP contribution in [0.15, 0.2) is 0 Å². The minimum atomic E-state index is -0.954. The van der Waals surface area contributed by atoms with Gasteiger partial charge in [0.25, 0.3) is 0 Å². The van der Waals surface area contributed by atoms with Gasteiger partial charge in [0.15, 0.2) is 0 Å². The second-order valence-corrected chi connectivity index (χ2v) is 1.02. The highest BCUT2D eigenvalue weighted by Crippen LogP contribution is 1.71. The monoisotopic (exact) mass is 124 g/mol. The molecule has 0 aliphatic heterocycles. The van der Waals surface area contributed by atoms with E-state index in [1.807, 2.05) is 0 Å². The van der Waals surface area contributed by atoms with Crippen molar-refractivity contribution in [2.45, 2.75) is 21.0 Å². The first-order valence-electron chi connectivity index (χ1n) is 1.71. The van der Waals surface area contributed by atoms with Gasteiger partial charge in [0.05, 0.1) is 13.2 Å². The highest BCUT2D eigenvalue weighted by atomic mass is 16.3. The van der Waals surface area contributed by atoms with E-state index >= 15 is 0 Å². The summed E-state index contributed by atoms with van der Waals surface area (Å²) in [5.74, 6) is 0. The summed E-state index contributed by atoms with van der Waals surface area (Å²) in [6.45, 7) is -0.729. The summed E-state index contributed by atoms with van der Waals surface area (Å²) in [7, 11) is 0. The SMILES string of the molecule is C.C.OCC(O)CO. The Morgan fingerprint density at radius 3 is 1.25 bits per heavy atom. The van der Waals surface area contributed by atoms with Gasteiger partial charge in [-0.2, -0.15) is 0 Å². The zero-order chi connectivity index (χ0) is 4.99. The van der Waals surface area contributed by atoms with Crippen molar-refractivity contribution in [2.75, 3.05) is 13.2 Å². The summed E-state index contributed by atoms with van der Waals surface area (Å²) in [5.41, 5.74) is 0. The lowest BCUT2D eigenvalue weighted by Crippen LogP contribution is -2.15. The number of hydrogen-bond donors (Lipinski definition) is 3. The molecule has 0 bridgehead atoms. The van der Waals surface area contributed by atoms with Gasteiger partial charge < -0.3 is 15.3 Å². The van der Waals surface area contributed by atoms with Crippen LogP contribution in [0.5, 0.6) is 0 Å². The van der Waals surface area contributed by atoms with E-state index in [0.29, 0.717) is 0 Å². The standard InChI is InChI=1S/C3H8O3.2CH4/c4-1-3(6)2-5;;/h3-6H,1-2H2;2*1H4. The lowest BCUT2D eigenvalue weighted by molar-refractivity contribution is 0.0450. The molecule has 3 heteroatoms. The van der Waals surface area contributed by atoms with Crippen LogP contribution in [0.3, 0.4) is 0 Å². The molecule has 0 aromatic carbocycles. The number of aliphatic hydroxyl groups excluding tert-OH is 3. The molecule has 0 unspecified atom stereocenters. The van der Waals surface area contributed by atoms with Gasteiger partial charge in [-0.25, -0.2) is 0 Å². The highest BCUT2D eigenvalue weighted by molar-refractivity contribution is 4.43. The van der Waals surface area contributed by atoms with Gasteiger partial charge >= 0.3 is 0 Å². The third-order valence-electron chi connectivity index (χ3n) is 0.421. The molecule has 0 saturated carbocycles. The summed E-state index contributed by atoms with van der Waals surface area (Å²) >= 11 is 0. The van der Waals surface area contributed by atoms with Crippen molar-refractivity contribution in [2.24, 2.45) is 0 Å². The third kappa shape index (κ3) is 9.30. The average molecular weight is 124 g/mol. The fourth-order valence-electron chi connectivity index (χ4n) is 0.0577. The fourth-order valence-corrected chi connectivity index (χ4v) is 0.0577. The van der Waals surface area contributed by atoms with Crippen LogP contribution in [0.4, 0.5) is 0 Å². The van der Waals surface area contributed by atoms with Gasteiger partial charge in [-0.05, 0) is 0 Å². The van der Waals surface area contributed by atoms with E-state index in [9.17, 15) is 0 Å². The van der Waals surface area contributed by atoms with E-state index in [2.05, 4.69) is 0 Å². The second kappa shape index (κ2) is 9.99. The first-order chi connectivity index (χ1) is 2.81. The lowest BCUT2D eigenvalue weighted by Gasteiger charge is -1.96. The maximum absolute atomic E-state index is 8.17. The van der Waals surface area contributed by atoms with Gasteiger partial charge in [0.2, 0.25) is 0 Å². The molecule has 0 fully saturated rings. The topological polar surface area (TPSA) is 60.7 Å². The quantitative estimate of drug-likeness (QED) is 0.469. The van der Waals surface area contributed by atoms with Crippen molar-refractivity contribution in [1.82, 2.24) is 0 Å². The molecule has 0 amide bonds. The van der Waals surface area contributed by atoms with Gasteiger partial charge in [-0.1, -0.05) is 14.9 Å². The van der Waals surface area contributed by atoms with Gasteiger partial charge in [-0.15, -0.1) is 0 Å². The van der Waals surface area contributed by atoms with Crippen molar-refractivity contribution in [3.8, 4) is 0 Å². The Kier molecular flexibility index (Phi) is 19.6. The third-order valence-corrected chi connectivity index (χ3v) is 0.421. The predicted octanol–water partition coefficient (Wildman–Crippen LogP) is -0.396. The second-order valence-electron chi connectivity index (χ2n) is 1.02. The molecule has 0 saturated heterocycles. The van der Waals surface area contributed by atoms with E-state index < -0.39 is 6.10 Å². The van der Waals surface area contributed by atoms with Crippen LogP contribution in [0.2, 0.25) is 0 Å². The number of rotatable bonds is 2. The maximum atomic E-state index is 8.17.